The number of benzene rings is 2. The standard InChI is InChI=1S/C11H12F2N2O4S2.C9H8F2N2O2S/c1-3-20(16,17)15(21(18,19)4-2)11-6-10(13)9(12)5-8(11)7-14;1-2-16(14,15)13-9-4-8(11)7(10)3-6(9)5-12/h5-6H,3-4H2,1-2H3;3-4,13H,2H2,1H3. The molecule has 0 amide bonds. The molecule has 0 aliphatic rings. The first-order valence-electron chi connectivity index (χ1n) is 10.0. The van der Waals surface area contributed by atoms with E-state index in [1.54, 1.807) is 6.07 Å². The minimum absolute atomic E-state index is 0.0128. The predicted octanol–water partition coefficient (Wildman–Crippen LogP) is 2.94. The molecule has 10 nitrogen and oxygen atoms in total. The lowest BCUT2D eigenvalue weighted by atomic mass is 10.2. The van der Waals surface area contributed by atoms with Gasteiger partial charge in [-0.3, -0.25) is 4.72 Å². The molecular formula is C20H20F4N4O6S3. The van der Waals surface area contributed by atoms with E-state index in [1.807, 2.05) is 4.72 Å². The molecule has 0 unspecified atom stereocenters. The van der Waals surface area contributed by atoms with Gasteiger partial charge < -0.3 is 0 Å². The first kappa shape index (κ1) is 31.6. The Bertz CT molecular complexity index is 1550. The van der Waals surface area contributed by atoms with Crippen LogP contribution < -0.4 is 8.43 Å². The Morgan fingerprint density at radius 2 is 1.11 bits per heavy atom. The van der Waals surface area contributed by atoms with Gasteiger partial charge in [0.05, 0.1) is 39.8 Å². The van der Waals surface area contributed by atoms with Crippen molar-refractivity contribution < 1.29 is 42.8 Å². The summed E-state index contributed by atoms with van der Waals surface area (Å²) in [4.78, 5) is 0. The fourth-order valence-corrected chi connectivity index (χ4v) is 6.48. The number of rotatable bonds is 8. The Morgan fingerprint density at radius 3 is 1.51 bits per heavy atom. The van der Waals surface area contributed by atoms with Crippen molar-refractivity contribution >= 4 is 41.4 Å². The van der Waals surface area contributed by atoms with Crippen LogP contribution in [0.15, 0.2) is 24.3 Å². The molecule has 0 heterocycles. The van der Waals surface area contributed by atoms with Crippen molar-refractivity contribution in [1.82, 2.24) is 0 Å². The van der Waals surface area contributed by atoms with Gasteiger partial charge in [-0.1, -0.05) is 0 Å². The normalized spacial score (nSPS) is 11.5. The molecule has 0 radical (unpaired) electrons. The molecule has 0 saturated carbocycles. The number of sulfonamides is 3. The smallest absolute Gasteiger partial charge is 0.247 e. The molecule has 0 atom stereocenters. The molecule has 17 heteroatoms. The SMILES string of the molecule is CCS(=O)(=O)N(c1cc(F)c(F)cc1C#N)S(=O)(=O)CC.CCS(=O)(=O)Nc1cc(F)c(F)cc1C#N. The van der Waals surface area contributed by atoms with Crippen molar-refractivity contribution in [2.75, 3.05) is 25.7 Å². The lowest BCUT2D eigenvalue weighted by Crippen LogP contribution is -2.39. The van der Waals surface area contributed by atoms with E-state index in [-0.39, 0.29) is 20.7 Å². The van der Waals surface area contributed by atoms with Gasteiger partial charge in [0, 0.05) is 12.1 Å². The van der Waals surface area contributed by atoms with Gasteiger partial charge in [-0.25, -0.2) is 42.8 Å². The van der Waals surface area contributed by atoms with Gasteiger partial charge >= 0.3 is 0 Å². The maximum absolute atomic E-state index is 13.3. The Morgan fingerprint density at radius 1 is 0.703 bits per heavy atom. The maximum atomic E-state index is 13.3. The Labute approximate surface area is 211 Å². The van der Waals surface area contributed by atoms with Crippen molar-refractivity contribution in [3.8, 4) is 12.1 Å². The molecule has 2 rings (SSSR count). The van der Waals surface area contributed by atoms with Gasteiger partial charge in [0.2, 0.25) is 30.1 Å². The summed E-state index contributed by atoms with van der Waals surface area (Å²) in [5.41, 5.74) is -1.85. The fourth-order valence-electron chi connectivity index (χ4n) is 2.45. The summed E-state index contributed by atoms with van der Waals surface area (Å²) in [6.45, 7) is 3.77. The van der Waals surface area contributed by atoms with Gasteiger partial charge in [-0.2, -0.15) is 14.2 Å². The van der Waals surface area contributed by atoms with Gasteiger partial charge in [-0.15, -0.1) is 0 Å². The number of hydrogen-bond donors (Lipinski definition) is 1. The van der Waals surface area contributed by atoms with Crippen LogP contribution in [0, 0.1) is 45.9 Å². The van der Waals surface area contributed by atoms with Crippen LogP contribution in [0.1, 0.15) is 31.9 Å². The molecule has 0 aromatic heterocycles. The molecule has 0 fully saturated rings. The number of nitrogens with zero attached hydrogens (tertiary/aromatic N) is 3. The minimum Gasteiger partial charge on any atom is -0.282 e. The zero-order valence-electron chi connectivity index (χ0n) is 19.5. The molecule has 2 aromatic carbocycles. The summed E-state index contributed by atoms with van der Waals surface area (Å²) >= 11 is 0. The van der Waals surface area contributed by atoms with Gasteiger partial charge in [-0.05, 0) is 32.9 Å². The Hall–Kier alpha value is -3.41. The molecule has 0 aliphatic heterocycles. The topological polar surface area (TPSA) is 165 Å². The number of nitrogens with one attached hydrogen (secondary N) is 1. The van der Waals surface area contributed by atoms with Gasteiger partial charge in [0.15, 0.2) is 23.3 Å². The van der Waals surface area contributed by atoms with E-state index in [4.69, 9.17) is 10.5 Å². The zero-order valence-corrected chi connectivity index (χ0v) is 21.9. The number of anilines is 2. The highest BCUT2D eigenvalue weighted by molar-refractivity contribution is 8.10. The highest BCUT2D eigenvalue weighted by atomic mass is 32.3. The maximum Gasteiger partial charge on any atom is 0.247 e. The summed E-state index contributed by atoms with van der Waals surface area (Å²) in [6.07, 6.45) is 0. The van der Waals surface area contributed by atoms with Gasteiger partial charge in [0.1, 0.15) is 12.1 Å². The average Bonchev–Trinajstić information content (AvgIpc) is 2.83. The number of hydrogen-bond acceptors (Lipinski definition) is 8. The zero-order chi connectivity index (χ0) is 28.8. The molecule has 0 bridgehead atoms. The molecule has 0 aliphatic carbocycles. The summed E-state index contributed by atoms with van der Waals surface area (Å²) < 4.78 is 124. The summed E-state index contributed by atoms with van der Waals surface area (Å²) in [5, 5.41) is 17.5. The van der Waals surface area contributed by atoms with Gasteiger partial charge in [0.25, 0.3) is 0 Å². The average molecular weight is 585 g/mol. The van der Waals surface area contributed by atoms with E-state index >= 15 is 0 Å². The first-order valence-corrected chi connectivity index (χ1v) is 14.9. The second-order valence-corrected chi connectivity index (χ2v) is 13.3. The van der Waals surface area contributed by atoms with Crippen LogP contribution >= 0.6 is 0 Å². The first-order chi connectivity index (χ1) is 17.0. The highest BCUT2D eigenvalue weighted by Gasteiger charge is 2.34. The Balaban J connectivity index is 0.000000384. The minimum atomic E-state index is -4.34. The van der Waals surface area contributed by atoms with E-state index in [0.717, 1.165) is 0 Å². The molecule has 1 N–H and O–H groups in total. The van der Waals surface area contributed by atoms with Crippen LogP contribution in [0.5, 0.6) is 0 Å². The van der Waals surface area contributed by atoms with Crippen molar-refractivity contribution in [3.05, 3.63) is 58.7 Å². The number of halogens is 4. The predicted molar refractivity (Wildman–Crippen MR) is 127 cm³/mol. The lowest BCUT2D eigenvalue weighted by molar-refractivity contribution is 0.508. The summed E-state index contributed by atoms with van der Waals surface area (Å²) in [6, 6.07) is 5.15. The van der Waals surface area contributed by atoms with E-state index < -0.39 is 76.1 Å². The van der Waals surface area contributed by atoms with Crippen LogP contribution in [0.25, 0.3) is 0 Å². The van der Waals surface area contributed by atoms with Crippen LogP contribution in [0.3, 0.4) is 0 Å². The van der Waals surface area contributed by atoms with Crippen molar-refractivity contribution in [3.63, 3.8) is 0 Å². The molecule has 202 valence electrons. The van der Waals surface area contributed by atoms with Crippen LogP contribution in [0.2, 0.25) is 0 Å². The monoisotopic (exact) mass is 584 g/mol. The quantitative estimate of drug-likeness (QED) is 0.463. The molecule has 0 saturated heterocycles. The largest absolute Gasteiger partial charge is 0.282 e. The number of nitriles is 2. The highest BCUT2D eigenvalue weighted by Crippen LogP contribution is 2.29. The third kappa shape index (κ3) is 7.78. The molecule has 2 aromatic rings. The second kappa shape index (κ2) is 12.2. The van der Waals surface area contributed by atoms with Crippen molar-refractivity contribution in [2.24, 2.45) is 0 Å². The third-order valence-electron chi connectivity index (χ3n) is 4.42. The van der Waals surface area contributed by atoms with E-state index in [9.17, 15) is 42.8 Å². The molecule has 0 spiro atoms. The summed E-state index contributed by atoms with van der Waals surface area (Å²) in [7, 11) is -12.3. The molecule has 37 heavy (non-hydrogen) atoms. The van der Waals surface area contributed by atoms with Crippen LogP contribution in [0.4, 0.5) is 28.9 Å². The Kier molecular flexibility index (Phi) is 10.4. The summed E-state index contributed by atoms with van der Waals surface area (Å²) in [5.74, 6) is -6.64. The second-order valence-electron chi connectivity index (χ2n) is 6.82. The van der Waals surface area contributed by atoms with E-state index in [1.165, 1.54) is 26.8 Å². The van der Waals surface area contributed by atoms with E-state index in [2.05, 4.69) is 0 Å². The fraction of sp³-hybridized carbons (Fsp3) is 0.300. The third-order valence-corrected chi connectivity index (χ3v) is 9.93. The van der Waals surface area contributed by atoms with Crippen molar-refractivity contribution in [2.45, 2.75) is 20.8 Å². The van der Waals surface area contributed by atoms with Crippen LogP contribution in [-0.2, 0) is 30.1 Å². The van der Waals surface area contributed by atoms with Crippen molar-refractivity contribution in [1.29, 1.82) is 10.5 Å². The van der Waals surface area contributed by atoms with Crippen LogP contribution in [-0.4, -0.2) is 42.5 Å². The lowest BCUT2D eigenvalue weighted by Gasteiger charge is -2.23. The molecular weight excluding hydrogens is 564 g/mol. The van der Waals surface area contributed by atoms with E-state index in [0.29, 0.717) is 24.3 Å².